The van der Waals surface area contributed by atoms with Gasteiger partial charge in [0.15, 0.2) is 0 Å². The Labute approximate surface area is 184 Å². The summed E-state index contributed by atoms with van der Waals surface area (Å²) in [5.74, 6) is -1.13. The number of para-hydroxylation sites is 1. The van der Waals surface area contributed by atoms with Crippen LogP contribution in [0.1, 0.15) is 17.3 Å². The molecule has 3 aromatic rings. The molecule has 0 unspecified atom stereocenters. The summed E-state index contributed by atoms with van der Waals surface area (Å²) in [6.07, 6.45) is 0. The van der Waals surface area contributed by atoms with Gasteiger partial charge in [-0.1, -0.05) is 12.1 Å². The number of amides is 2. The number of sulfonamides is 1. The van der Waals surface area contributed by atoms with E-state index in [-0.39, 0.29) is 21.8 Å². The number of nitrogens with one attached hydrogen (secondary N) is 3. The van der Waals surface area contributed by atoms with Gasteiger partial charge in [-0.25, -0.2) is 12.8 Å². The van der Waals surface area contributed by atoms with Crippen molar-refractivity contribution in [3.63, 3.8) is 0 Å². The number of carbonyl (C=O) groups is 2. The summed E-state index contributed by atoms with van der Waals surface area (Å²) in [6.45, 7) is 1.29. The van der Waals surface area contributed by atoms with E-state index in [9.17, 15) is 22.4 Å². The van der Waals surface area contributed by atoms with Gasteiger partial charge in [-0.05, 0) is 54.6 Å². The van der Waals surface area contributed by atoms with Crippen LogP contribution in [0.4, 0.5) is 21.5 Å². The predicted octanol–water partition coefficient (Wildman–Crippen LogP) is 3.85. The molecule has 3 rings (SSSR count). The molecule has 0 atom stereocenters. The van der Waals surface area contributed by atoms with Crippen LogP contribution in [0, 0.1) is 5.82 Å². The van der Waals surface area contributed by atoms with Crippen LogP contribution < -0.4 is 20.1 Å². The minimum atomic E-state index is -4.12. The van der Waals surface area contributed by atoms with E-state index >= 15 is 0 Å². The van der Waals surface area contributed by atoms with Crippen molar-refractivity contribution in [3.8, 4) is 5.75 Å². The van der Waals surface area contributed by atoms with Crippen molar-refractivity contribution < 1.29 is 27.1 Å². The molecule has 0 fully saturated rings. The molecule has 10 heteroatoms. The number of anilines is 3. The lowest BCUT2D eigenvalue weighted by atomic mass is 10.1. The minimum Gasteiger partial charge on any atom is -0.495 e. The van der Waals surface area contributed by atoms with Gasteiger partial charge >= 0.3 is 0 Å². The van der Waals surface area contributed by atoms with E-state index in [1.807, 2.05) is 0 Å². The Balaban J connectivity index is 1.89. The van der Waals surface area contributed by atoms with E-state index in [4.69, 9.17) is 4.74 Å². The van der Waals surface area contributed by atoms with Crippen LogP contribution in [0.5, 0.6) is 5.75 Å². The SMILES string of the molecule is COc1ccc(S(=O)(=O)Nc2ccccc2C(=O)Nc2ccc(F)cc2)cc1NC(C)=O. The van der Waals surface area contributed by atoms with Gasteiger partial charge in [0.25, 0.3) is 15.9 Å². The summed E-state index contributed by atoms with van der Waals surface area (Å²) >= 11 is 0. The molecule has 3 N–H and O–H groups in total. The van der Waals surface area contributed by atoms with Crippen LogP contribution in [0.2, 0.25) is 0 Å². The second-order valence-corrected chi connectivity index (χ2v) is 8.34. The Morgan fingerprint density at radius 2 is 1.59 bits per heavy atom. The number of halogens is 1. The zero-order valence-corrected chi connectivity index (χ0v) is 18.0. The van der Waals surface area contributed by atoms with Crippen LogP contribution in [-0.2, 0) is 14.8 Å². The number of benzene rings is 3. The lowest BCUT2D eigenvalue weighted by molar-refractivity contribution is -0.114. The quantitative estimate of drug-likeness (QED) is 0.499. The van der Waals surface area contributed by atoms with Crippen LogP contribution in [0.3, 0.4) is 0 Å². The summed E-state index contributed by atoms with van der Waals surface area (Å²) in [5, 5.41) is 5.11. The molecule has 0 aliphatic heterocycles. The minimum absolute atomic E-state index is 0.0454. The number of carbonyl (C=O) groups excluding carboxylic acids is 2. The largest absolute Gasteiger partial charge is 0.495 e. The Bertz CT molecular complexity index is 1260. The molecule has 2 amide bonds. The third-order valence-corrected chi connectivity index (χ3v) is 5.67. The maximum absolute atomic E-state index is 13.1. The Hall–Kier alpha value is -3.92. The first-order chi connectivity index (χ1) is 15.2. The normalized spacial score (nSPS) is 10.8. The third-order valence-electron chi connectivity index (χ3n) is 4.31. The zero-order valence-electron chi connectivity index (χ0n) is 17.2. The van der Waals surface area contributed by atoms with Crippen molar-refractivity contribution in [3.05, 3.63) is 78.1 Å². The highest BCUT2D eigenvalue weighted by atomic mass is 32.2. The van der Waals surface area contributed by atoms with Gasteiger partial charge in [0, 0.05) is 12.6 Å². The van der Waals surface area contributed by atoms with Crippen LogP contribution in [0.15, 0.2) is 71.6 Å². The van der Waals surface area contributed by atoms with Gasteiger partial charge in [-0.2, -0.15) is 0 Å². The molecule has 0 heterocycles. The van der Waals surface area contributed by atoms with Gasteiger partial charge in [0.2, 0.25) is 5.91 Å². The Morgan fingerprint density at radius 3 is 2.25 bits per heavy atom. The van der Waals surface area contributed by atoms with Crippen molar-refractivity contribution in [2.45, 2.75) is 11.8 Å². The molecule has 0 aliphatic carbocycles. The summed E-state index contributed by atoms with van der Waals surface area (Å²) < 4.78 is 46.6. The lowest BCUT2D eigenvalue weighted by Crippen LogP contribution is -2.19. The maximum atomic E-state index is 13.1. The van der Waals surface area contributed by atoms with E-state index in [2.05, 4.69) is 15.4 Å². The first-order valence-electron chi connectivity index (χ1n) is 9.34. The van der Waals surface area contributed by atoms with E-state index < -0.39 is 27.7 Å². The highest BCUT2D eigenvalue weighted by molar-refractivity contribution is 7.92. The van der Waals surface area contributed by atoms with Crippen molar-refractivity contribution >= 4 is 38.9 Å². The van der Waals surface area contributed by atoms with Gasteiger partial charge in [-0.3, -0.25) is 14.3 Å². The van der Waals surface area contributed by atoms with Gasteiger partial charge in [-0.15, -0.1) is 0 Å². The molecule has 0 aromatic heterocycles. The first-order valence-corrected chi connectivity index (χ1v) is 10.8. The van der Waals surface area contributed by atoms with Crippen LogP contribution >= 0.6 is 0 Å². The first kappa shape index (κ1) is 22.8. The van der Waals surface area contributed by atoms with E-state index in [0.29, 0.717) is 11.4 Å². The number of ether oxygens (including phenoxy) is 1. The molecule has 0 bridgehead atoms. The number of hydrogen-bond acceptors (Lipinski definition) is 5. The molecule has 0 spiro atoms. The van der Waals surface area contributed by atoms with Crippen LogP contribution in [-0.4, -0.2) is 27.3 Å². The number of rotatable bonds is 7. The molecule has 0 aliphatic rings. The van der Waals surface area contributed by atoms with E-state index in [0.717, 1.165) is 0 Å². The fraction of sp³-hybridized carbons (Fsp3) is 0.0909. The molecular formula is C22H20FN3O5S. The van der Waals surface area contributed by atoms with Crippen molar-refractivity contribution in [2.75, 3.05) is 22.5 Å². The van der Waals surface area contributed by atoms with E-state index in [1.165, 1.54) is 68.6 Å². The smallest absolute Gasteiger partial charge is 0.261 e. The van der Waals surface area contributed by atoms with Crippen LogP contribution in [0.25, 0.3) is 0 Å². The average Bonchev–Trinajstić information content (AvgIpc) is 2.75. The molecule has 0 radical (unpaired) electrons. The maximum Gasteiger partial charge on any atom is 0.261 e. The highest BCUT2D eigenvalue weighted by Gasteiger charge is 2.20. The zero-order chi connectivity index (χ0) is 23.3. The molecule has 166 valence electrons. The molecule has 0 saturated carbocycles. The fourth-order valence-corrected chi connectivity index (χ4v) is 3.95. The van der Waals surface area contributed by atoms with Gasteiger partial charge in [0.05, 0.1) is 28.9 Å². The van der Waals surface area contributed by atoms with Gasteiger partial charge in [0.1, 0.15) is 11.6 Å². The lowest BCUT2D eigenvalue weighted by Gasteiger charge is -2.15. The summed E-state index contributed by atoms with van der Waals surface area (Å²) in [7, 11) is -2.73. The topological polar surface area (TPSA) is 114 Å². The molecule has 8 nitrogen and oxygen atoms in total. The standard InChI is InChI=1S/C22H20FN3O5S/c1-14(27)24-20-13-17(11-12-21(20)31-2)32(29,30)26-19-6-4-3-5-18(19)22(28)25-16-9-7-15(23)8-10-16/h3-13,26H,1-2H3,(H,24,27)(H,25,28). The van der Waals surface area contributed by atoms with Crippen molar-refractivity contribution in [2.24, 2.45) is 0 Å². The highest BCUT2D eigenvalue weighted by Crippen LogP contribution is 2.29. The van der Waals surface area contributed by atoms with Gasteiger partial charge < -0.3 is 15.4 Å². The summed E-state index contributed by atoms with van der Waals surface area (Å²) in [6, 6.07) is 15.2. The number of methoxy groups -OCH3 is 1. The third kappa shape index (κ3) is 5.41. The second-order valence-electron chi connectivity index (χ2n) is 6.66. The summed E-state index contributed by atoms with van der Waals surface area (Å²) in [5.41, 5.74) is 0.648. The average molecular weight is 457 g/mol. The van der Waals surface area contributed by atoms with Crippen molar-refractivity contribution in [1.29, 1.82) is 0 Å². The number of hydrogen-bond donors (Lipinski definition) is 3. The predicted molar refractivity (Wildman–Crippen MR) is 119 cm³/mol. The Kier molecular flexibility index (Phi) is 6.74. The Morgan fingerprint density at radius 1 is 0.906 bits per heavy atom. The van der Waals surface area contributed by atoms with E-state index in [1.54, 1.807) is 12.1 Å². The monoisotopic (exact) mass is 457 g/mol. The van der Waals surface area contributed by atoms with Crippen molar-refractivity contribution in [1.82, 2.24) is 0 Å². The fourth-order valence-electron chi connectivity index (χ4n) is 2.85. The molecular weight excluding hydrogens is 437 g/mol. The summed E-state index contributed by atoms with van der Waals surface area (Å²) in [4.78, 5) is 24.0. The molecule has 3 aromatic carbocycles. The molecule has 0 saturated heterocycles. The second kappa shape index (κ2) is 9.48. The molecule has 32 heavy (non-hydrogen) atoms.